The Kier molecular flexibility index (Phi) is 2.54. The fourth-order valence-electron chi connectivity index (χ4n) is 2.89. The van der Waals surface area contributed by atoms with Gasteiger partial charge >= 0.3 is 0 Å². The number of nitrogens with one attached hydrogen (secondary N) is 1. The zero-order valence-electron chi connectivity index (χ0n) is 12.0. The Morgan fingerprint density at radius 2 is 1.86 bits per heavy atom. The molecule has 0 spiro atoms. The van der Waals surface area contributed by atoms with E-state index in [9.17, 15) is 0 Å². The summed E-state index contributed by atoms with van der Waals surface area (Å²) in [4.78, 5) is 12.7. The topological polar surface area (TPSA) is 41.6 Å². The number of rotatable bonds is 1. The van der Waals surface area contributed by atoms with Crippen molar-refractivity contribution in [1.29, 1.82) is 0 Å². The minimum atomic E-state index is 0.829. The molecular formula is C18H15N3. The van der Waals surface area contributed by atoms with E-state index in [0.29, 0.717) is 0 Å². The van der Waals surface area contributed by atoms with Gasteiger partial charge in [-0.3, -0.25) is 4.98 Å². The number of benzene rings is 2. The Morgan fingerprint density at radius 1 is 1.00 bits per heavy atom. The van der Waals surface area contributed by atoms with Crippen LogP contribution in [0.4, 0.5) is 0 Å². The molecule has 102 valence electrons. The highest BCUT2D eigenvalue weighted by atomic mass is 14.9. The van der Waals surface area contributed by atoms with Gasteiger partial charge in [0.25, 0.3) is 0 Å². The molecule has 21 heavy (non-hydrogen) atoms. The molecule has 4 rings (SSSR count). The Hall–Kier alpha value is -2.68. The molecule has 1 N–H and O–H groups in total. The molecule has 2 heterocycles. The number of hydrogen-bond acceptors (Lipinski definition) is 2. The normalized spacial score (nSPS) is 11.3. The standard InChI is InChI=1S/C18H15N3/c1-11-9-12(2)16-15(10-11)20-18(21-16)17-14-6-4-3-5-13(14)7-8-19-17/h3-10H,1-2H3,(H,20,21). The number of hydrogen-bond donors (Lipinski definition) is 1. The van der Waals surface area contributed by atoms with E-state index in [-0.39, 0.29) is 0 Å². The smallest absolute Gasteiger partial charge is 0.157 e. The maximum absolute atomic E-state index is 4.76. The quantitative estimate of drug-likeness (QED) is 0.558. The highest BCUT2D eigenvalue weighted by molar-refractivity contribution is 5.94. The summed E-state index contributed by atoms with van der Waals surface area (Å²) in [6.45, 7) is 4.19. The molecule has 0 saturated heterocycles. The summed E-state index contributed by atoms with van der Waals surface area (Å²) in [5.41, 5.74) is 5.41. The Bertz CT molecular complexity index is 961. The Balaban J connectivity index is 2.03. The van der Waals surface area contributed by atoms with E-state index < -0.39 is 0 Å². The second-order valence-electron chi connectivity index (χ2n) is 5.44. The van der Waals surface area contributed by atoms with E-state index in [1.54, 1.807) is 0 Å². The van der Waals surface area contributed by atoms with Gasteiger partial charge in [-0.2, -0.15) is 0 Å². The second-order valence-corrected chi connectivity index (χ2v) is 5.44. The van der Waals surface area contributed by atoms with E-state index in [0.717, 1.165) is 27.9 Å². The number of imidazole rings is 1. The summed E-state index contributed by atoms with van der Waals surface area (Å²) in [5, 5.41) is 2.30. The minimum Gasteiger partial charge on any atom is -0.337 e. The van der Waals surface area contributed by atoms with Crippen LogP contribution in [0.15, 0.2) is 48.7 Å². The van der Waals surface area contributed by atoms with Crippen molar-refractivity contribution < 1.29 is 0 Å². The molecule has 0 radical (unpaired) electrons. The van der Waals surface area contributed by atoms with Crippen molar-refractivity contribution in [3.8, 4) is 11.5 Å². The predicted molar refractivity (Wildman–Crippen MR) is 86.3 cm³/mol. The predicted octanol–water partition coefficient (Wildman–Crippen LogP) is 4.39. The fraction of sp³-hybridized carbons (Fsp3) is 0.111. The zero-order valence-corrected chi connectivity index (χ0v) is 12.0. The van der Waals surface area contributed by atoms with Crippen molar-refractivity contribution in [2.75, 3.05) is 0 Å². The van der Waals surface area contributed by atoms with Gasteiger partial charge < -0.3 is 4.98 Å². The lowest BCUT2D eigenvalue weighted by Gasteiger charge is -2.01. The van der Waals surface area contributed by atoms with Gasteiger partial charge in [0, 0.05) is 11.6 Å². The molecule has 0 unspecified atom stereocenters. The van der Waals surface area contributed by atoms with Crippen LogP contribution in [-0.4, -0.2) is 15.0 Å². The van der Waals surface area contributed by atoms with Gasteiger partial charge in [-0.1, -0.05) is 30.3 Å². The van der Waals surface area contributed by atoms with Crippen molar-refractivity contribution in [3.05, 3.63) is 59.8 Å². The number of aryl methyl sites for hydroxylation is 2. The molecule has 0 bridgehead atoms. The molecule has 4 aromatic rings. The van der Waals surface area contributed by atoms with Crippen LogP contribution in [0, 0.1) is 13.8 Å². The van der Waals surface area contributed by atoms with E-state index >= 15 is 0 Å². The number of fused-ring (bicyclic) bond motifs is 2. The average molecular weight is 273 g/mol. The summed E-state index contributed by atoms with van der Waals surface area (Å²) in [6, 6.07) is 14.6. The lowest BCUT2D eigenvalue weighted by atomic mass is 10.1. The molecule has 2 aromatic carbocycles. The number of aromatic nitrogens is 3. The van der Waals surface area contributed by atoms with Crippen LogP contribution in [0.2, 0.25) is 0 Å². The van der Waals surface area contributed by atoms with Gasteiger partial charge in [-0.15, -0.1) is 0 Å². The highest BCUT2D eigenvalue weighted by Gasteiger charge is 2.11. The molecular weight excluding hydrogens is 258 g/mol. The van der Waals surface area contributed by atoms with E-state index in [1.807, 2.05) is 24.4 Å². The van der Waals surface area contributed by atoms with E-state index in [4.69, 9.17) is 4.98 Å². The van der Waals surface area contributed by atoms with E-state index in [2.05, 4.69) is 48.1 Å². The van der Waals surface area contributed by atoms with Crippen LogP contribution < -0.4 is 0 Å². The summed E-state index contributed by atoms with van der Waals surface area (Å²) in [6.07, 6.45) is 1.84. The first kappa shape index (κ1) is 12.1. The van der Waals surface area contributed by atoms with Crippen LogP contribution in [-0.2, 0) is 0 Å². The lowest BCUT2D eigenvalue weighted by molar-refractivity contribution is 1.25. The van der Waals surface area contributed by atoms with Crippen molar-refractivity contribution >= 4 is 21.8 Å². The molecule has 0 fully saturated rings. The van der Waals surface area contributed by atoms with Gasteiger partial charge in [0.1, 0.15) is 5.69 Å². The van der Waals surface area contributed by atoms with Gasteiger partial charge in [0.15, 0.2) is 5.82 Å². The molecule has 0 aliphatic carbocycles. The number of H-pyrrole nitrogens is 1. The maximum atomic E-state index is 4.76. The first-order valence-electron chi connectivity index (χ1n) is 7.03. The van der Waals surface area contributed by atoms with Crippen molar-refractivity contribution in [1.82, 2.24) is 15.0 Å². The third-order valence-corrected chi connectivity index (χ3v) is 3.82. The third kappa shape index (κ3) is 1.89. The van der Waals surface area contributed by atoms with E-state index in [1.165, 1.54) is 16.5 Å². The zero-order chi connectivity index (χ0) is 14.4. The van der Waals surface area contributed by atoms with Crippen LogP contribution in [0.25, 0.3) is 33.3 Å². The lowest BCUT2D eigenvalue weighted by Crippen LogP contribution is -1.87. The van der Waals surface area contributed by atoms with Gasteiger partial charge in [0.05, 0.1) is 11.0 Å². The van der Waals surface area contributed by atoms with Crippen LogP contribution in [0.1, 0.15) is 11.1 Å². The number of nitrogens with zero attached hydrogens (tertiary/aromatic N) is 2. The minimum absolute atomic E-state index is 0.829. The number of aromatic amines is 1. The molecule has 0 saturated carbocycles. The molecule has 2 aromatic heterocycles. The Morgan fingerprint density at radius 3 is 2.76 bits per heavy atom. The Labute approximate surface area is 122 Å². The molecule has 3 nitrogen and oxygen atoms in total. The number of pyridine rings is 1. The first-order chi connectivity index (χ1) is 10.2. The molecule has 0 aliphatic rings. The third-order valence-electron chi connectivity index (χ3n) is 3.82. The van der Waals surface area contributed by atoms with Gasteiger partial charge in [0.2, 0.25) is 0 Å². The van der Waals surface area contributed by atoms with Gasteiger partial charge in [-0.25, -0.2) is 4.98 Å². The fourth-order valence-corrected chi connectivity index (χ4v) is 2.89. The maximum Gasteiger partial charge on any atom is 0.157 e. The van der Waals surface area contributed by atoms with Crippen molar-refractivity contribution in [2.24, 2.45) is 0 Å². The molecule has 0 amide bonds. The average Bonchev–Trinajstić information content (AvgIpc) is 2.90. The van der Waals surface area contributed by atoms with Crippen LogP contribution in [0.5, 0.6) is 0 Å². The first-order valence-corrected chi connectivity index (χ1v) is 7.03. The summed E-state index contributed by atoms with van der Waals surface area (Å²) in [7, 11) is 0. The SMILES string of the molecule is Cc1cc(C)c2nc(-c3nccc4ccccc34)[nH]c2c1. The monoisotopic (exact) mass is 273 g/mol. The summed E-state index contributed by atoms with van der Waals surface area (Å²) >= 11 is 0. The van der Waals surface area contributed by atoms with Crippen molar-refractivity contribution in [3.63, 3.8) is 0 Å². The van der Waals surface area contributed by atoms with Crippen LogP contribution in [0.3, 0.4) is 0 Å². The second kappa shape index (κ2) is 4.42. The largest absolute Gasteiger partial charge is 0.337 e. The van der Waals surface area contributed by atoms with Gasteiger partial charge in [-0.05, 0) is 42.5 Å². The van der Waals surface area contributed by atoms with Crippen molar-refractivity contribution in [2.45, 2.75) is 13.8 Å². The molecule has 0 atom stereocenters. The highest BCUT2D eigenvalue weighted by Crippen LogP contribution is 2.27. The summed E-state index contributed by atoms with van der Waals surface area (Å²) in [5.74, 6) is 0.829. The van der Waals surface area contributed by atoms with Crippen LogP contribution >= 0.6 is 0 Å². The molecule has 0 aliphatic heterocycles. The molecule has 3 heteroatoms. The summed E-state index contributed by atoms with van der Waals surface area (Å²) < 4.78 is 0.